The number of aliphatic imine (C=N–C) groups is 1. The minimum Gasteiger partial charge on any atom is -0.359 e. The fraction of sp³-hybridized carbons (Fsp3) is 0.192. The van der Waals surface area contributed by atoms with E-state index in [4.69, 9.17) is 4.99 Å². The van der Waals surface area contributed by atoms with Crippen LogP contribution in [0.1, 0.15) is 29.0 Å². The van der Waals surface area contributed by atoms with Crippen LogP contribution in [-0.2, 0) is 25.8 Å². The average Bonchev–Trinajstić information content (AvgIpc) is 3.15. The molecule has 3 aromatic rings. The van der Waals surface area contributed by atoms with Crippen LogP contribution in [0.25, 0.3) is 0 Å². The van der Waals surface area contributed by atoms with Crippen molar-refractivity contribution in [3.8, 4) is 0 Å². The van der Waals surface area contributed by atoms with Gasteiger partial charge < -0.3 is 10.6 Å². The highest BCUT2D eigenvalue weighted by Crippen LogP contribution is 2.37. The van der Waals surface area contributed by atoms with Crippen molar-refractivity contribution in [2.75, 3.05) is 18.6 Å². The lowest BCUT2D eigenvalue weighted by Gasteiger charge is -2.15. The number of nitrogens with zero attached hydrogens (tertiary/aromatic N) is 1. The zero-order valence-corrected chi connectivity index (χ0v) is 20.0. The predicted molar refractivity (Wildman–Crippen MR) is 132 cm³/mol. The number of hydrogen-bond acceptors (Lipinski definition) is 5. The number of benzene rings is 3. The first-order chi connectivity index (χ1) is 16.7. The van der Waals surface area contributed by atoms with Gasteiger partial charge in [-0.15, -0.1) is 0 Å². The molecular formula is C26H24FN3O4S. The maximum Gasteiger partial charge on any atom is 0.238 e. The molecule has 180 valence electrons. The van der Waals surface area contributed by atoms with Crippen LogP contribution in [0.3, 0.4) is 0 Å². The summed E-state index contributed by atoms with van der Waals surface area (Å²) in [6.07, 6.45) is 2.04. The summed E-state index contributed by atoms with van der Waals surface area (Å²) in [6, 6.07) is 17.6. The Morgan fingerprint density at radius 1 is 1.06 bits per heavy atom. The zero-order chi connectivity index (χ0) is 25.2. The second-order valence-electron chi connectivity index (χ2n) is 8.29. The highest BCUT2D eigenvalue weighted by atomic mass is 32.2. The van der Waals surface area contributed by atoms with E-state index in [0.29, 0.717) is 41.1 Å². The third kappa shape index (κ3) is 5.46. The quantitative estimate of drug-likeness (QED) is 0.489. The Bertz CT molecular complexity index is 1420. The van der Waals surface area contributed by atoms with Crippen LogP contribution in [0.5, 0.6) is 0 Å². The molecule has 7 nitrogen and oxygen atoms in total. The number of anilines is 1. The van der Waals surface area contributed by atoms with Gasteiger partial charge in [-0.05, 0) is 59.5 Å². The molecule has 1 aliphatic heterocycles. The molecule has 0 saturated heterocycles. The van der Waals surface area contributed by atoms with Crippen molar-refractivity contribution in [3.63, 3.8) is 0 Å². The first-order valence-electron chi connectivity index (χ1n) is 10.9. The maximum atomic E-state index is 13.8. The molecule has 0 radical (unpaired) electrons. The van der Waals surface area contributed by atoms with Crippen LogP contribution in [-0.4, -0.2) is 39.2 Å². The standard InChI is InChI=1S/C26H24FN3O4S/c1-28-23(31)14-5-16-3-6-17(7-4-16)25(29-19-9-11-20(12-10-19)35(2,33)34)24-21-13-8-18(27)15-22(21)30-26(24)32/h3-4,6-13,15,24H,5,14H2,1-2H3,(H,28,31)(H,30,32). The van der Waals surface area contributed by atoms with E-state index < -0.39 is 21.6 Å². The predicted octanol–water partition coefficient (Wildman–Crippen LogP) is 3.76. The number of fused-ring (bicyclic) bond motifs is 1. The average molecular weight is 494 g/mol. The number of hydrogen-bond donors (Lipinski definition) is 2. The lowest BCUT2D eigenvalue weighted by Crippen LogP contribution is -2.22. The van der Waals surface area contributed by atoms with E-state index in [1.54, 1.807) is 25.2 Å². The van der Waals surface area contributed by atoms with Crippen LogP contribution < -0.4 is 10.6 Å². The molecule has 0 aromatic heterocycles. The number of carbonyl (C=O) groups excluding carboxylic acids is 2. The summed E-state index contributed by atoms with van der Waals surface area (Å²) in [7, 11) is -1.77. The van der Waals surface area contributed by atoms with Crippen molar-refractivity contribution in [2.24, 2.45) is 4.99 Å². The van der Waals surface area contributed by atoms with Crippen LogP contribution in [0.15, 0.2) is 76.6 Å². The lowest BCUT2D eigenvalue weighted by molar-refractivity contribution is -0.120. The Morgan fingerprint density at radius 3 is 2.37 bits per heavy atom. The van der Waals surface area contributed by atoms with Gasteiger partial charge >= 0.3 is 0 Å². The number of amides is 2. The Labute approximate surface area is 203 Å². The van der Waals surface area contributed by atoms with Gasteiger partial charge in [-0.1, -0.05) is 30.3 Å². The summed E-state index contributed by atoms with van der Waals surface area (Å²) in [5.41, 5.74) is 3.54. The summed E-state index contributed by atoms with van der Waals surface area (Å²) in [5.74, 6) is -1.63. The summed E-state index contributed by atoms with van der Waals surface area (Å²) in [4.78, 5) is 29.4. The molecule has 1 atom stereocenters. The lowest BCUT2D eigenvalue weighted by atomic mass is 9.90. The van der Waals surface area contributed by atoms with E-state index >= 15 is 0 Å². The smallest absolute Gasteiger partial charge is 0.238 e. The van der Waals surface area contributed by atoms with E-state index in [0.717, 1.165) is 11.8 Å². The fourth-order valence-corrected chi connectivity index (χ4v) is 4.56. The van der Waals surface area contributed by atoms with Gasteiger partial charge in [-0.3, -0.25) is 14.6 Å². The Kier molecular flexibility index (Phi) is 6.79. The molecule has 0 saturated carbocycles. The minimum atomic E-state index is -3.36. The van der Waals surface area contributed by atoms with E-state index in [9.17, 15) is 22.4 Å². The second-order valence-corrected chi connectivity index (χ2v) is 10.3. The van der Waals surface area contributed by atoms with Crippen LogP contribution in [0, 0.1) is 5.82 Å². The molecule has 0 spiro atoms. The summed E-state index contributed by atoms with van der Waals surface area (Å²) in [5, 5.41) is 5.31. The summed E-state index contributed by atoms with van der Waals surface area (Å²) in [6.45, 7) is 0. The monoisotopic (exact) mass is 493 g/mol. The molecule has 2 N–H and O–H groups in total. The first kappa shape index (κ1) is 24.3. The van der Waals surface area contributed by atoms with Crippen LogP contribution >= 0.6 is 0 Å². The Hall–Kier alpha value is -3.85. The van der Waals surface area contributed by atoms with Crippen molar-refractivity contribution >= 4 is 38.7 Å². The molecule has 0 bridgehead atoms. The SMILES string of the molecule is CNC(=O)CCc1ccc(C(=Nc2ccc(S(C)(=O)=O)cc2)C2C(=O)Nc3cc(F)ccc32)cc1. The maximum absolute atomic E-state index is 13.8. The second kappa shape index (κ2) is 9.79. The topological polar surface area (TPSA) is 105 Å². The van der Waals surface area contributed by atoms with Gasteiger partial charge in [0.25, 0.3) is 0 Å². The molecule has 2 amide bonds. The number of sulfone groups is 1. The van der Waals surface area contributed by atoms with E-state index in [-0.39, 0.29) is 16.7 Å². The Balaban J connectivity index is 1.75. The normalized spacial score (nSPS) is 15.5. The third-order valence-electron chi connectivity index (χ3n) is 5.80. The molecule has 0 fully saturated rings. The van der Waals surface area contributed by atoms with Gasteiger partial charge in [-0.2, -0.15) is 0 Å². The molecular weight excluding hydrogens is 469 g/mol. The highest BCUT2D eigenvalue weighted by molar-refractivity contribution is 7.90. The summed E-state index contributed by atoms with van der Waals surface area (Å²) >= 11 is 0. The van der Waals surface area contributed by atoms with Gasteiger partial charge in [0, 0.05) is 25.4 Å². The number of rotatable bonds is 7. The largest absolute Gasteiger partial charge is 0.359 e. The van der Waals surface area contributed by atoms with Gasteiger partial charge in [0.1, 0.15) is 11.7 Å². The van der Waals surface area contributed by atoms with Crippen molar-refractivity contribution in [1.82, 2.24) is 5.32 Å². The number of nitrogens with one attached hydrogen (secondary N) is 2. The number of aryl methyl sites for hydroxylation is 1. The number of carbonyl (C=O) groups is 2. The van der Waals surface area contributed by atoms with Crippen LogP contribution in [0.4, 0.5) is 15.8 Å². The zero-order valence-electron chi connectivity index (χ0n) is 19.2. The minimum absolute atomic E-state index is 0.0552. The number of halogens is 1. The van der Waals surface area contributed by atoms with E-state index in [1.165, 1.54) is 24.3 Å². The van der Waals surface area contributed by atoms with Gasteiger partial charge in [-0.25, -0.2) is 12.8 Å². The van der Waals surface area contributed by atoms with E-state index in [1.807, 2.05) is 24.3 Å². The van der Waals surface area contributed by atoms with E-state index in [2.05, 4.69) is 10.6 Å². The molecule has 1 aliphatic rings. The Morgan fingerprint density at radius 2 is 1.74 bits per heavy atom. The van der Waals surface area contributed by atoms with Gasteiger partial charge in [0.05, 0.1) is 16.3 Å². The molecule has 9 heteroatoms. The highest BCUT2D eigenvalue weighted by Gasteiger charge is 2.35. The van der Waals surface area contributed by atoms with Crippen molar-refractivity contribution in [2.45, 2.75) is 23.7 Å². The molecule has 3 aromatic carbocycles. The molecule has 1 heterocycles. The van der Waals surface area contributed by atoms with Crippen molar-refractivity contribution < 1.29 is 22.4 Å². The van der Waals surface area contributed by atoms with Crippen molar-refractivity contribution in [3.05, 3.63) is 89.2 Å². The molecule has 4 rings (SSSR count). The summed E-state index contributed by atoms with van der Waals surface area (Å²) < 4.78 is 37.4. The van der Waals surface area contributed by atoms with Gasteiger partial charge in [0.15, 0.2) is 9.84 Å². The fourth-order valence-electron chi connectivity index (χ4n) is 3.93. The molecule has 1 unspecified atom stereocenters. The van der Waals surface area contributed by atoms with Crippen LogP contribution in [0.2, 0.25) is 0 Å². The first-order valence-corrected chi connectivity index (χ1v) is 12.8. The van der Waals surface area contributed by atoms with Crippen molar-refractivity contribution in [1.29, 1.82) is 0 Å². The van der Waals surface area contributed by atoms with Gasteiger partial charge in [0.2, 0.25) is 11.8 Å². The third-order valence-corrected chi connectivity index (χ3v) is 6.93. The molecule has 0 aliphatic carbocycles. The molecule has 35 heavy (non-hydrogen) atoms.